The van der Waals surface area contributed by atoms with Crippen molar-refractivity contribution in [1.29, 1.82) is 0 Å². The van der Waals surface area contributed by atoms with Crippen molar-refractivity contribution in [2.24, 2.45) is 5.92 Å². The topological polar surface area (TPSA) is 64.6 Å². The first-order chi connectivity index (χ1) is 9.19. The van der Waals surface area contributed by atoms with Crippen molar-refractivity contribution < 1.29 is 9.90 Å². The number of aliphatic hydroxyl groups excluding tert-OH is 1. The number of carbonyl (C=O) groups is 1. The van der Waals surface area contributed by atoms with Gasteiger partial charge < -0.3 is 20.6 Å². The molecule has 0 aromatic heterocycles. The Bertz CT molecular complexity index is 249. The van der Waals surface area contributed by atoms with Gasteiger partial charge in [0.05, 0.1) is 12.6 Å². The van der Waals surface area contributed by atoms with Gasteiger partial charge in [-0.1, -0.05) is 13.8 Å². The molecule has 3 N–H and O–H groups in total. The van der Waals surface area contributed by atoms with Crippen LogP contribution in [0.15, 0.2) is 0 Å². The number of nitrogens with one attached hydrogen (secondary N) is 2. The zero-order chi connectivity index (χ0) is 14.1. The van der Waals surface area contributed by atoms with Gasteiger partial charge in [0.2, 0.25) is 0 Å². The molecular formula is C14H29N3O2. The third-order valence-electron chi connectivity index (χ3n) is 4.04. The largest absolute Gasteiger partial charge is 0.394 e. The number of piperidine rings is 1. The molecule has 1 heterocycles. The molecule has 0 saturated carbocycles. The van der Waals surface area contributed by atoms with E-state index in [1.165, 1.54) is 25.9 Å². The minimum Gasteiger partial charge on any atom is -0.394 e. The van der Waals surface area contributed by atoms with Gasteiger partial charge in [0.25, 0.3) is 0 Å². The molecule has 0 bridgehead atoms. The van der Waals surface area contributed by atoms with Crippen LogP contribution in [0.25, 0.3) is 0 Å². The number of urea groups is 1. The number of likely N-dealkylation sites (tertiary alicyclic amines) is 1. The second-order valence-corrected chi connectivity index (χ2v) is 5.35. The Kier molecular flexibility index (Phi) is 7.82. The highest BCUT2D eigenvalue weighted by atomic mass is 16.3. The summed E-state index contributed by atoms with van der Waals surface area (Å²) in [7, 11) is 0. The maximum atomic E-state index is 11.6. The van der Waals surface area contributed by atoms with Gasteiger partial charge in [0, 0.05) is 6.54 Å². The third-order valence-corrected chi connectivity index (χ3v) is 4.04. The Balaban J connectivity index is 2.08. The molecule has 0 aliphatic carbocycles. The van der Waals surface area contributed by atoms with Crippen molar-refractivity contribution in [3.8, 4) is 0 Å². The van der Waals surface area contributed by atoms with Gasteiger partial charge in [-0.2, -0.15) is 0 Å². The summed E-state index contributed by atoms with van der Waals surface area (Å²) < 4.78 is 0. The smallest absolute Gasteiger partial charge is 0.315 e. The summed E-state index contributed by atoms with van der Waals surface area (Å²) in [5, 5.41) is 14.6. The lowest BCUT2D eigenvalue weighted by Crippen LogP contribution is -2.44. The summed E-state index contributed by atoms with van der Waals surface area (Å²) in [5.74, 6) is 0.739. The summed E-state index contributed by atoms with van der Waals surface area (Å²) in [6.45, 7) is 8.41. The van der Waals surface area contributed by atoms with Gasteiger partial charge in [-0.15, -0.1) is 0 Å². The standard InChI is InChI=1S/C14H29N3O2/c1-3-13(11-18)16-14(19)15-8-5-12-6-9-17(4-2)10-7-12/h12-13,18H,3-11H2,1-2H3,(H2,15,16,19). The number of aliphatic hydroxyl groups is 1. The van der Waals surface area contributed by atoms with E-state index in [4.69, 9.17) is 5.11 Å². The molecule has 1 unspecified atom stereocenters. The lowest BCUT2D eigenvalue weighted by atomic mass is 9.93. The fraction of sp³-hybridized carbons (Fsp3) is 0.929. The monoisotopic (exact) mass is 271 g/mol. The molecule has 0 spiro atoms. The molecule has 5 heteroatoms. The van der Waals surface area contributed by atoms with Crippen LogP contribution in [0.2, 0.25) is 0 Å². The Hall–Kier alpha value is -0.810. The Morgan fingerprint density at radius 2 is 2.05 bits per heavy atom. The number of amides is 2. The van der Waals surface area contributed by atoms with Crippen LogP contribution < -0.4 is 10.6 Å². The minimum atomic E-state index is -0.160. The van der Waals surface area contributed by atoms with Crippen LogP contribution in [0.3, 0.4) is 0 Å². The van der Waals surface area contributed by atoms with Crippen LogP contribution in [0, 0.1) is 5.92 Å². The zero-order valence-corrected chi connectivity index (χ0v) is 12.3. The predicted molar refractivity (Wildman–Crippen MR) is 77.2 cm³/mol. The maximum Gasteiger partial charge on any atom is 0.315 e. The molecule has 5 nitrogen and oxygen atoms in total. The van der Waals surface area contributed by atoms with Crippen LogP contribution in [0.1, 0.15) is 39.5 Å². The second-order valence-electron chi connectivity index (χ2n) is 5.35. The van der Waals surface area contributed by atoms with Crippen molar-refractivity contribution in [2.45, 2.75) is 45.6 Å². The normalized spacial score (nSPS) is 19.1. The van der Waals surface area contributed by atoms with E-state index in [0.717, 1.165) is 31.8 Å². The maximum absolute atomic E-state index is 11.6. The molecule has 0 aromatic rings. The lowest BCUT2D eigenvalue weighted by molar-refractivity contribution is 0.185. The fourth-order valence-corrected chi connectivity index (χ4v) is 2.49. The van der Waals surface area contributed by atoms with Crippen LogP contribution in [0.5, 0.6) is 0 Å². The number of nitrogens with zero attached hydrogens (tertiary/aromatic N) is 1. The highest BCUT2D eigenvalue weighted by molar-refractivity contribution is 5.74. The number of hydrogen-bond donors (Lipinski definition) is 3. The van der Waals surface area contributed by atoms with Crippen LogP contribution in [-0.2, 0) is 0 Å². The molecular weight excluding hydrogens is 242 g/mol. The van der Waals surface area contributed by atoms with E-state index >= 15 is 0 Å². The highest BCUT2D eigenvalue weighted by Crippen LogP contribution is 2.19. The van der Waals surface area contributed by atoms with Crippen molar-refractivity contribution in [1.82, 2.24) is 15.5 Å². The first-order valence-electron chi connectivity index (χ1n) is 7.57. The SMILES string of the molecule is CCC(CO)NC(=O)NCCC1CCN(CC)CC1. The average Bonchev–Trinajstić information content (AvgIpc) is 2.45. The van der Waals surface area contributed by atoms with E-state index in [9.17, 15) is 4.79 Å². The van der Waals surface area contributed by atoms with Gasteiger partial charge in [0.15, 0.2) is 0 Å². The number of carbonyl (C=O) groups excluding carboxylic acids is 1. The lowest BCUT2D eigenvalue weighted by Gasteiger charge is -2.31. The highest BCUT2D eigenvalue weighted by Gasteiger charge is 2.17. The van der Waals surface area contributed by atoms with Crippen molar-refractivity contribution >= 4 is 6.03 Å². The molecule has 19 heavy (non-hydrogen) atoms. The second kappa shape index (κ2) is 9.15. The van der Waals surface area contributed by atoms with E-state index in [0.29, 0.717) is 0 Å². The van der Waals surface area contributed by atoms with Gasteiger partial charge in [-0.3, -0.25) is 0 Å². The van der Waals surface area contributed by atoms with E-state index < -0.39 is 0 Å². The van der Waals surface area contributed by atoms with Gasteiger partial charge in [-0.25, -0.2) is 4.79 Å². The van der Waals surface area contributed by atoms with Gasteiger partial charge in [0.1, 0.15) is 0 Å². The first kappa shape index (κ1) is 16.2. The van der Waals surface area contributed by atoms with Gasteiger partial charge in [-0.05, 0) is 51.2 Å². The van der Waals surface area contributed by atoms with Crippen molar-refractivity contribution in [3.63, 3.8) is 0 Å². The number of rotatable bonds is 7. The molecule has 1 aliphatic rings. The molecule has 1 fully saturated rings. The summed E-state index contributed by atoms with van der Waals surface area (Å²) in [6.07, 6.45) is 4.29. The van der Waals surface area contributed by atoms with Crippen LogP contribution >= 0.6 is 0 Å². The van der Waals surface area contributed by atoms with E-state index in [1.807, 2.05) is 6.92 Å². The molecule has 1 rings (SSSR count). The van der Waals surface area contributed by atoms with Crippen LogP contribution in [0.4, 0.5) is 4.79 Å². The predicted octanol–water partition coefficient (Wildman–Crippen LogP) is 1.18. The average molecular weight is 271 g/mol. The first-order valence-corrected chi connectivity index (χ1v) is 7.57. The number of hydrogen-bond acceptors (Lipinski definition) is 3. The fourth-order valence-electron chi connectivity index (χ4n) is 2.49. The molecule has 0 radical (unpaired) electrons. The molecule has 2 amide bonds. The Morgan fingerprint density at radius 1 is 1.37 bits per heavy atom. The summed E-state index contributed by atoms with van der Waals surface area (Å²) in [6, 6.07) is -0.292. The summed E-state index contributed by atoms with van der Waals surface area (Å²) in [5.41, 5.74) is 0. The van der Waals surface area contributed by atoms with Crippen molar-refractivity contribution in [2.75, 3.05) is 32.8 Å². The zero-order valence-electron chi connectivity index (χ0n) is 12.3. The molecule has 1 atom stereocenters. The van der Waals surface area contributed by atoms with E-state index in [1.54, 1.807) is 0 Å². The summed E-state index contributed by atoms with van der Waals surface area (Å²) >= 11 is 0. The molecule has 0 aromatic carbocycles. The quantitative estimate of drug-likeness (QED) is 0.651. The minimum absolute atomic E-state index is 0.000598. The van der Waals surface area contributed by atoms with Crippen molar-refractivity contribution in [3.05, 3.63) is 0 Å². The van der Waals surface area contributed by atoms with E-state index in [2.05, 4.69) is 22.5 Å². The molecule has 1 aliphatic heterocycles. The van der Waals surface area contributed by atoms with E-state index in [-0.39, 0.29) is 18.7 Å². The van der Waals surface area contributed by atoms with Gasteiger partial charge >= 0.3 is 6.03 Å². The Morgan fingerprint density at radius 3 is 2.58 bits per heavy atom. The van der Waals surface area contributed by atoms with Crippen LogP contribution in [-0.4, -0.2) is 54.9 Å². The molecule has 1 saturated heterocycles. The summed E-state index contributed by atoms with van der Waals surface area (Å²) in [4.78, 5) is 14.0. The molecule has 112 valence electrons. The third kappa shape index (κ3) is 6.25. The Labute approximate surface area is 116 Å².